The van der Waals surface area contributed by atoms with Gasteiger partial charge in [-0.1, -0.05) is 6.92 Å². The summed E-state index contributed by atoms with van der Waals surface area (Å²) in [4.78, 5) is 10.8. The smallest absolute Gasteiger partial charge is 0.335 e. The molecule has 0 atom stereocenters. The highest BCUT2D eigenvalue weighted by molar-refractivity contribution is 7.98. The van der Waals surface area contributed by atoms with Crippen molar-refractivity contribution in [3.63, 3.8) is 0 Å². The maximum Gasteiger partial charge on any atom is 0.335 e. The topological polar surface area (TPSA) is 50.4 Å². The second-order valence-corrected chi connectivity index (χ2v) is 4.68. The first-order valence-corrected chi connectivity index (χ1v) is 6.19. The van der Waals surface area contributed by atoms with Crippen molar-refractivity contribution in [2.45, 2.75) is 12.7 Å². The van der Waals surface area contributed by atoms with Crippen LogP contribution in [0.2, 0.25) is 0 Å². The third kappa shape index (κ3) is 2.22. The summed E-state index contributed by atoms with van der Waals surface area (Å²) in [5.41, 5.74) is 1.04. The molecule has 16 heavy (non-hydrogen) atoms. The van der Waals surface area contributed by atoms with E-state index in [1.165, 1.54) is 0 Å². The first kappa shape index (κ1) is 11.1. The fraction of sp³-hybridized carbons (Fsp3) is 0.250. The van der Waals surface area contributed by atoms with Gasteiger partial charge in [-0.25, -0.2) is 4.79 Å². The maximum absolute atomic E-state index is 10.8. The van der Waals surface area contributed by atoms with Gasteiger partial charge in [-0.15, -0.1) is 0 Å². The Balaban J connectivity index is 2.34. The number of furan rings is 1. The Morgan fingerprint density at radius 3 is 2.94 bits per heavy atom. The number of aromatic carboxylic acids is 1. The lowest BCUT2D eigenvalue weighted by molar-refractivity contribution is 0.0697. The summed E-state index contributed by atoms with van der Waals surface area (Å²) in [5.74, 6) is 1.85. The number of hydrogen-bond acceptors (Lipinski definition) is 3. The molecule has 0 aliphatic heterocycles. The molecule has 1 aromatic heterocycles. The Hall–Kier alpha value is -1.42. The van der Waals surface area contributed by atoms with Crippen LogP contribution in [0.4, 0.5) is 0 Å². The Kier molecular flexibility index (Phi) is 3.19. The van der Waals surface area contributed by atoms with E-state index in [2.05, 4.69) is 6.92 Å². The highest BCUT2D eigenvalue weighted by Crippen LogP contribution is 2.23. The molecule has 0 amide bonds. The van der Waals surface area contributed by atoms with Crippen molar-refractivity contribution in [3.05, 3.63) is 35.6 Å². The van der Waals surface area contributed by atoms with Gasteiger partial charge in [-0.3, -0.25) is 0 Å². The van der Waals surface area contributed by atoms with E-state index in [1.807, 2.05) is 6.07 Å². The number of fused-ring (bicyclic) bond motifs is 1. The minimum Gasteiger partial charge on any atom is -0.478 e. The first-order valence-electron chi connectivity index (χ1n) is 5.04. The highest BCUT2D eigenvalue weighted by atomic mass is 32.2. The van der Waals surface area contributed by atoms with Gasteiger partial charge in [0, 0.05) is 5.39 Å². The zero-order chi connectivity index (χ0) is 11.5. The fourth-order valence-corrected chi connectivity index (χ4v) is 2.05. The van der Waals surface area contributed by atoms with Crippen molar-refractivity contribution in [2.24, 2.45) is 0 Å². The molecule has 0 aliphatic rings. The SMILES string of the molecule is CCSCc1cc2cc(C(=O)O)ccc2o1. The number of rotatable bonds is 4. The third-order valence-corrected chi connectivity index (χ3v) is 3.16. The van der Waals surface area contributed by atoms with Gasteiger partial charge in [0.15, 0.2) is 0 Å². The van der Waals surface area contributed by atoms with Gasteiger partial charge >= 0.3 is 5.97 Å². The molecule has 1 heterocycles. The number of carbonyl (C=O) groups is 1. The molecule has 0 saturated carbocycles. The van der Waals surface area contributed by atoms with Crippen molar-refractivity contribution >= 4 is 28.7 Å². The quantitative estimate of drug-likeness (QED) is 0.884. The normalized spacial score (nSPS) is 10.8. The summed E-state index contributed by atoms with van der Waals surface area (Å²) in [5, 5.41) is 9.71. The van der Waals surface area contributed by atoms with Gasteiger partial charge < -0.3 is 9.52 Å². The molecular weight excluding hydrogens is 224 g/mol. The van der Waals surface area contributed by atoms with E-state index in [9.17, 15) is 4.79 Å². The van der Waals surface area contributed by atoms with Crippen LogP contribution < -0.4 is 0 Å². The molecule has 3 nitrogen and oxygen atoms in total. The largest absolute Gasteiger partial charge is 0.478 e. The maximum atomic E-state index is 10.8. The summed E-state index contributed by atoms with van der Waals surface area (Å²) in [6.07, 6.45) is 0. The van der Waals surface area contributed by atoms with Gasteiger partial charge in [-0.05, 0) is 30.0 Å². The molecule has 4 heteroatoms. The molecule has 84 valence electrons. The zero-order valence-corrected chi connectivity index (χ0v) is 9.71. The standard InChI is InChI=1S/C12H12O3S/c1-2-16-7-10-6-9-5-8(12(13)14)3-4-11(9)15-10/h3-6H,2,7H2,1H3,(H,13,14). The zero-order valence-electron chi connectivity index (χ0n) is 8.90. The molecule has 1 aromatic carbocycles. The average Bonchev–Trinajstić information content (AvgIpc) is 2.67. The Morgan fingerprint density at radius 1 is 1.44 bits per heavy atom. The van der Waals surface area contributed by atoms with E-state index < -0.39 is 5.97 Å². The molecule has 0 saturated heterocycles. The van der Waals surface area contributed by atoms with Crippen molar-refractivity contribution in [1.29, 1.82) is 0 Å². The second kappa shape index (κ2) is 4.61. The van der Waals surface area contributed by atoms with E-state index in [4.69, 9.17) is 9.52 Å². The molecule has 0 unspecified atom stereocenters. The van der Waals surface area contributed by atoms with Crippen molar-refractivity contribution in [3.8, 4) is 0 Å². The van der Waals surface area contributed by atoms with Gasteiger partial charge in [-0.2, -0.15) is 11.8 Å². The second-order valence-electron chi connectivity index (χ2n) is 3.41. The van der Waals surface area contributed by atoms with E-state index in [0.717, 1.165) is 28.2 Å². The number of benzene rings is 1. The highest BCUT2D eigenvalue weighted by Gasteiger charge is 2.07. The lowest BCUT2D eigenvalue weighted by atomic mass is 10.1. The van der Waals surface area contributed by atoms with Crippen LogP contribution in [0.15, 0.2) is 28.7 Å². The lowest BCUT2D eigenvalue weighted by Crippen LogP contribution is -1.94. The fourth-order valence-electron chi connectivity index (χ4n) is 1.51. The summed E-state index contributed by atoms with van der Waals surface area (Å²) in [6, 6.07) is 6.82. The molecule has 1 N–H and O–H groups in total. The predicted octanol–water partition coefficient (Wildman–Crippen LogP) is 3.38. The van der Waals surface area contributed by atoms with Gasteiger partial charge in [0.1, 0.15) is 11.3 Å². The van der Waals surface area contributed by atoms with Gasteiger partial charge in [0.2, 0.25) is 0 Å². The van der Waals surface area contributed by atoms with E-state index in [0.29, 0.717) is 5.56 Å². The van der Waals surface area contributed by atoms with E-state index in [-0.39, 0.29) is 0 Å². The van der Waals surface area contributed by atoms with Crippen molar-refractivity contribution < 1.29 is 14.3 Å². The Bertz CT molecular complexity index is 516. The molecule has 0 aliphatic carbocycles. The predicted molar refractivity (Wildman–Crippen MR) is 65.0 cm³/mol. The summed E-state index contributed by atoms with van der Waals surface area (Å²) in [7, 11) is 0. The van der Waals surface area contributed by atoms with Crippen molar-refractivity contribution in [2.75, 3.05) is 5.75 Å². The van der Waals surface area contributed by atoms with Crippen LogP contribution >= 0.6 is 11.8 Å². The Labute approximate surface area is 97.4 Å². The molecule has 2 aromatic rings. The minimum absolute atomic E-state index is 0.294. The third-order valence-electron chi connectivity index (χ3n) is 2.26. The van der Waals surface area contributed by atoms with Crippen LogP contribution in [0, 0.1) is 0 Å². The van der Waals surface area contributed by atoms with Crippen LogP contribution in [0.25, 0.3) is 11.0 Å². The summed E-state index contributed by atoms with van der Waals surface area (Å²) >= 11 is 1.78. The molecule has 0 spiro atoms. The van der Waals surface area contributed by atoms with Gasteiger partial charge in [0.05, 0.1) is 11.3 Å². The molecule has 2 rings (SSSR count). The number of thioether (sulfide) groups is 1. The number of hydrogen-bond donors (Lipinski definition) is 1. The van der Waals surface area contributed by atoms with E-state index in [1.54, 1.807) is 30.0 Å². The molecular formula is C12H12O3S. The molecule has 0 radical (unpaired) electrons. The average molecular weight is 236 g/mol. The van der Waals surface area contributed by atoms with E-state index >= 15 is 0 Å². The lowest BCUT2D eigenvalue weighted by Gasteiger charge is -1.92. The number of carboxylic acids is 1. The van der Waals surface area contributed by atoms with Crippen LogP contribution in [-0.2, 0) is 5.75 Å². The van der Waals surface area contributed by atoms with Crippen LogP contribution in [0.5, 0.6) is 0 Å². The molecule has 0 bridgehead atoms. The number of carboxylic acid groups (broad SMARTS) is 1. The monoisotopic (exact) mass is 236 g/mol. The Morgan fingerprint density at radius 2 is 2.25 bits per heavy atom. The van der Waals surface area contributed by atoms with Gasteiger partial charge in [0.25, 0.3) is 0 Å². The van der Waals surface area contributed by atoms with Crippen LogP contribution in [-0.4, -0.2) is 16.8 Å². The van der Waals surface area contributed by atoms with Crippen LogP contribution in [0.3, 0.4) is 0 Å². The van der Waals surface area contributed by atoms with Crippen LogP contribution in [0.1, 0.15) is 23.0 Å². The summed E-state index contributed by atoms with van der Waals surface area (Å²) in [6.45, 7) is 2.09. The summed E-state index contributed by atoms with van der Waals surface area (Å²) < 4.78 is 5.59. The van der Waals surface area contributed by atoms with Crippen molar-refractivity contribution in [1.82, 2.24) is 0 Å². The molecule has 0 fully saturated rings. The first-order chi connectivity index (χ1) is 7.70. The minimum atomic E-state index is -0.910.